The van der Waals surface area contributed by atoms with Crippen LogP contribution in [-0.4, -0.2) is 31.1 Å². The van der Waals surface area contributed by atoms with Gasteiger partial charge in [0.1, 0.15) is 0 Å². The number of amides is 2. The molecule has 1 aliphatic heterocycles. The zero-order valence-corrected chi connectivity index (χ0v) is 15.6. The fourth-order valence-corrected chi connectivity index (χ4v) is 3.13. The van der Waals surface area contributed by atoms with Crippen LogP contribution in [0, 0.1) is 0 Å². The van der Waals surface area contributed by atoms with Gasteiger partial charge in [-0.1, -0.05) is 30.3 Å². The van der Waals surface area contributed by atoms with Gasteiger partial charge in [-0.25, -0.2) is 0 Å². The minimum atomic E-state index is -4.47. The van der Waals surface area contributed by atoms with Gasteiger partial charge in [0, 0.05) is 13.2 Å². The first-order valence-corrected chi connectivity index (χ1v) is 9.28. The highest BCUT2D eigenvalue weighted by molar-refractivity contribution is 6.04. The molecule has 29 heavy (non-hydrogen) atoms. The van der Waals surface area contributed by atoms with E-state index in [0.29, 0.717) is 18.8 Å². The quantitative estimate of drug-likeness (QED) is 0.767. The molecule has 3 rings (SSSR count). The Morgan fingerprint density at radius 2 is 1.90 bits per heavy atom. The second-order valence-electron chi connectivity index (χ2n) is 6.81. The Morgan fingerprint density at radius 1 is 1.10 bits per heavy atom. The molecule has 1 fully saturated rings. The summed E-state index contributed by atoms with van der Waals surface area (Å²) < 4.78 is 43.9. The number of para-hydroxylation sites is 1. The number of benzene rings is 2. The van der Waals surface area contributed by atoms with Crippen LogP contribution in [-0.2, 0) is 22.1 Å². The van der Waals surface area contributed by atoms with Crippen molar-refractivity contribution in [3.8, 4) is 0 Å². The number of nitrogens with one attached hydrogen (secondary N) is 2. The molecule has 0 aliphatic carbocycles. The zero-order chi connectivity index (χ0) is 20.9. The van der Waals surface area contributed by atoms with E-state index >= 15 is 0 Å². The van der Waals surface area contributed by atoms with Crippen LogP contribution in [0.15, 0.2) is 48.5 Å². The normalized spacial score (nSPS) is 16.4. The molecule has 1 heterocycles. The van der Waals surface area contributed by atoms with Gasteiger partial charge in [-0.05, 0) is 36.6 Å². The van der Waals surface area contributed by atoms with Gasteiger partial charge in [0.05, 0.1) is 29.3 Å². The molecule has 0 bridgehead atoms. The summed E-state index contributed by atoms with van der Waals surface area (Å²) in [4.78, 5) is 24.8. The van der Waals surface area contributed by atoms with Crippen LogP contribution < -0.4 is 10.6 Å². The molecule has 1 aliphatic rings. The summed E-state index contributed by atoms with van der Waals surface area (Å²) >= 11 is 0. The molecule has 1 atom stereocenters. The number of halogens is 3. The molecule has 154 valence electrons. The van der Waals surface area contributed by atoms with E-state index < -0.39 is 17.6 Å². The van der Waals surface area contributed by atoms with Crippen molar-refractivity contribution in [1.82, 2.24) is 5.32 Å². The maximum atomic E-state index is 12.8. The zero-order valence-electron chi connectivity index (χ0n) is 15.6. The van der Waals surface area contributed by atoms with E-state index in [4.69, 9.17) is 4.74 Å². The number of hydrogen-bond acceptors (Lipinski definition) is 3. The third-order valence-corrected chi connectivity index (χ3v) is 4.58. The molecule has 5 nitrogen and oxygen atoms in total. The van der Waals surface area contributed by atoms with Crippen LogP contribution in [0.2, 0.25) is 0 Å². The lowest BCUT2D eigenvalue weighted by Gasteiger charge is -2.14. The average Bonchev–Trinajstić information content (AvgIpc) is 3.19. The second kappa shape index (κ2) is 9.09. The van der Waals surface area contributed by atoms with Gasteiger partial charge in [0.2, 0.25) is 5.91 Å². The lowest BCUT2D eigenvalue weighted by atomic mass is 10.1. The van der Waals surface area contributed by atoms with Crippen LogP contribution in [0.3, 0.4) is 0 Å². The molecule has 2 amide bonds. The molecule has 0 saturated carbocycles. The standard InChI is InChI=1S/C21H21F3N2O3/c22-21(23,24)15-6-3-5-14(11-15)12-19(27)26-18-9-2-1-8-17(18)20(28)25-13-16-7-4-10-29-16/h1-3,5-6,8-9,11,16H,4,7,10,12-13H2,(H,25,28)(H,26,27). The average molecular weight is 406 g/mol. The third-order valence-electron chi connectivity index (χ3n) is 4.58. The van der Waals surface area contributed by atoms with Crippen molar-refractivity contribution in [1.29, 1.82) is 0 Å². The van der Waals surface area contributed by atoms with Gasteiger partial charge in [-0.3, -0.25) is 9.59 Å². The molecule has 0 radical (unpaired) electrons. The van der Waals surface area contributed by atoms with Crippen molar-refractivity contribution in [3.63, 3.8) is 0 Å². The highest BCUT2D eigenvalue weighted by Gasteiger charge is 2.30. The van der Waals surface area contributed by atoms with Gasteiger partial charge < -0.3 is 15.4 Å². The molecule has 0 aromatic heterocycles. The van der Waals surface area contributed by atoms with Gasteiger partial charge in [-0.2, -0.15) is 13.2 Å². The first-order chi connectivity index (χ1) is 13.8. The van der Waals surface area contributed by atoms with Gasteiger partial charge in [-0.15, -0.1) is 0 Å². The Labute approximate surface area is 166 Å². The number of ether oxygens (including phenoxy) is 1. The molecular formula is C21H21F3N2O3. The van der Waals surface area contributed by atoms with Crippen LogP contribution in [0.25, 0.3) is 0 Å². The minimum Gasteiger partial charge on any atom is -0.376 e. The Morgan fingerprint density at radius 3 is 2.62 bits per heavy atom. The summed E-state index contributed by atoms with van der Waals surface area (Å²) in [5, 5.41) is 5.40. The second-order valence-corrected chi connectivity index (χ2v) is 6.81. The summed E-state index contributed by atoms with van der Waals surface area (Å²) in [6, 6.07) is 11.1. The van der Waals surface area contributed by atoms with E-state index in [1.807, 2.05) is 0 Å². The SMILES string of the molecule is O=C(Cc1cccc(C(F)(F)F)c1)Nc1ccccc1C(=O)NCC1CCCO1. The maximum absolute atomic E-state index is 12.8. The molecule has 1 unspecified atom stereocenters. The van der Waals surface area contributed by atoms with Crippen molar-refractivity contribution in [2.24, 2.45) is 0 Å². The van der Waals surface area contributed by atoms with Crippen molar-refractivity contribution in [2.45, 2.75) is 31.5 Å². The number of anilines is 1. The van der Waals surface area contributed by atoms with E-state index in [-0.39, 0.29) is 29.6 Å². The van der Waals surface area contributed by atoms with Crippen LogP contribution >= 0.6 is 0 Å². The Kier molecular flexibility index (Phi) is 6.53. The topological polar surface area (TPSA) is 67.4 Å². The number of rotatable bonds is 6. The van der Waals surface area contributed by atoms with E-state index in [1.165, 1.54) is 12.1 Å². The number of alkyl halides is 3. The predicted molar refractivity (Wildman–Crippen MR) is 102 cm³/mol. The summed E-state index contributed by atoms with van der Waals surface area (Å²) in [5.41, 5.74) is 0.00607. The summed E-state index contributed by atoms with van der Waals surface area (Å²) in [7, 11) is 0. The molecule has 2 aromatic rings. The highest BCUT2D eigenvalue weighted by Crippen LogP contribution is 2.29. The lowest BCUT2D eigenvalue weighted by Crippen LogP contribution is -2.32. The molecule has 1 saturated heterocycles. The van der Waals surface area contributed by atoms with Gasteiger partial charge in [0.15, 0.2) is 0 Å². The summed E-state index contributed by atoms with van der Waals surface area (Å²) in [5.74, 6) is -0.862. The smallest absolute Gasteiger partial charge is 0.376 e. The first-order valence-electron chi connectivity index (χ1n) is 9.28. The van der Waals surface area contributed by atoms with Crippen molar-refractivity contribution in [3.05, 3.63) is 65.2 Å². The Balaban J connectivity index is 1.64. The van der Waals surface area contributed by atoms with Crippen LogP contribution in [0.4, 0.5) is 18.9 Å². The Bertz CT molecular complexity index is 877. The molecule has 0 spiro atoms. The largest absolute Gasteiger partial charge is 0.416 e. The summed E-state index contributed by atoms with van der Waals surface area (Å²) in [6.07, 6.45) is -2.88. The fraction of sp³-hybridized carbons (Fsp3) is 0.333. The third kappa shape index (κ3) is 5.80. The monoisotopic (exact) mass is 406 g/mol. The molecule has 8 heteroatoms. The Hall–Kier alpha value is -2.87. The van der Waals surface area contributed by atoms with E-state index in [0.717, 1.165) is 25.0 Å². The summed E-state index contributed by atoms with van der Waals surface area (Å²) in [6.45, 7) is 1.06. The molecule has 2 N–H and O–H groups in total. The van der Waals surface area contributed by atoms with Gasteiger partial charge in [0.25, 0.3) is 5.91 Å². The number of carbonyl (C=O) groups is 2. The van der Waals surface area contributed by atoms with Gasteiger partial charge >= 0.3 is 6.18 Å². The predicted octanol–water partition coefficient (Wildman–Crippen LogP) is 3.80. The lowest BCUT2D eigenvalue weighted by molar-refractivity contribution is -0.137. The minimum absolute atomic E-state index is 0.0124. The van der Waals surface area contributed by atoms with Crippen LogP contribution in [0.5, 0.6) is 0 Å². The van der Waals surface area contributed by atoms with Crippen LogP contribution in [0.1, 0.15) is 34.3 Å². The molecular weight excluding hydrogens is 385 g/mol. The van der Waals surface area contributed by atoms with Crippen molar-refractivity contribution < 1.29 is 27.5 Å². The molecule has 2 aromatic carbocycles. The number of carbonyl (C=O) groups excluding carboxylic acids is 2. The highest BCUT2D eigenvalue weighted by atomic mass is 19.4. The number of hydrogen-bond donors (Lipinski definition) is 2. The maximum Gasteiger partial charge on any atom is 0.416 e. The van der Waals surface area contributed by atoms with E-state index in [2.05, 4.69) is 10.6 Å². The van der Waals surface area contributed by atoms with Crippen molar-refractivity contribution >= 4 is 17.5 Å². The first kappa shape index (κ1) is 20.9. The fourth-order valence-electron chi connectivity index (χ4n) is 3.13. The van der Waals surface area contributed by atoms with E-state index in [1.54, 1.807) is 24.3 Å². The van der Waals surface area contributed by atoms with Crippen molar-refractivity contribution in [2.75, 3.05) is 18.5 Å². The van der Waals surface area contributed by atoms with E-state index in [9.17, 15) is 22.8 Å².